The molecule has 4 rings (SSSR count). The largest absolute Gasteiger partial charge is 0.490 e. The summed E-state index contributed by atoms with van der Waals surface area (Å²) in [6.45, 7) is 4.32. The fraction of sp³-hybridized carbons (Fsp3) is 0.185. The molecule has 0 saturated carbocycles. The lowest BCUT2D eigenvalue weighted by Crippen LogP contribution is -2.18. The Kier molecular flexibility index (Phi) is 9.79. The molecule has 12 heteroatoms. The monoisotopic (exact) mass is 533 g/mol. The minimum absolute atomic E-state index is 0.0290. The predicted molar refractivity (Wildman–Crippen MR) is 143 cm³/mol. The second-order valence-corrected chi connectivity index (χ2v) is 8.31. The first-order chi connectivity index (χ1) is 18.7. The molecule has 1 unspecified atom stereocenters. The van der Waals surface area contributed by atoms with Gasteiger partial charge in [0, 0.05) is 30.8 Å². The normalized spacial score (nSPS) is 11.1. The Labute approximate surface area is 223 Å². The number of nitrogen functional groups attached to an aromatic ring is 1. The van der Waals surface area contributed by atoms with E-state index in [4.69, 9.17) is 25.8 Å². The Hall–Kier alpha value is -5.13. The molecule has 0 aliphatic carbocycles. The molecule has 2 aromatic heterocycles. The number of carbonyl (C=O) groups is 1. The zero-order valence-corrected chi connectivity index (χ0v) is 21.2. The number of rotatable bonds is 10. The van der Waals surface area contributed by atoms with Gasteiger partial charge in [-0.2, -0.15) is 0 Å². The third-order valence-electron chi connectivity index (χ3n) is 5.32. The Bertz CT molecular complexity index is 1480. The highest BCUT2D eigenvalue weighted by Gasteiger charge is 2.23. The van der Waals surface area contributed by atoms with Crippen LogP contribution in [0.1, 0.15) is 40.9 Å². The van der Waals surface area contributed by atoms with E-state index in [-0.39, 0.29) is 18.4 Å². The number of nitrogens with zero attached hydrogens (tertiary/aromatic N) is 4. The van der Waals surface area contributed by atoms with Crippen LogP contribution in [0.3, 0.4) is 0 Å². The number of hydrogen-bond acceptors (Lipinski definition) is 7. The number of alkyl halides is 1. The summed E-state index contributed by atoms with van der Waals surface area (Å²) in [5.74, 6) is -0.326. The molecule has 2 heterocycles. The van der Waals surface area contributed by atoms with Crippen molar-refractivity contribution in [1.29, 1.82) is 5.41 Å². The van der Waals surface area contributed by atoms with Crippen molar-refractivity contribution in [3.05, 3.63) is 112 Å². The fourth-order valence-corrected chi connectivity index (χ4v) is 3.66. The quantitative estimate of drug-likeness (QED) is 0.137. The maximum Gasteiger partial charge on any atom is 0.350 e. The molecule has 0 saturated heterocycles. The first-order valence-electron chi connectivity index (χ1n) is 11.7. The molecule has 0 bridgehead atoms. The lowest BCUT2D eigenvalue weighted by Gasteiger charge is -2.18. The number of aliphatic carboxylic acids is 1. The van der Waals surface area contributed by atoms with E-state index in [1.165, 1.54) is 12.4 Å². The Morgan fingerprint density at radius 3 is 2.49 bits per heavy atom. The molecule has 5 N–H and O–H groups in total. The van der Waals surface area contributed by atoms with E-state index in [2.05, 4.69) is 26.6 Å². The van der Waals surface area contributed by atoms with E-state index in [0.717, 1.165) is 17.2 Å². The van der Waals surface area contributed by atoms with Crippen LogP contribution in [0.15, 0.2) is 78.4 Å². The van der Waals surface area contributed by atoms with Crippen molar-refractivity contribution in [3.63, 3.8) is 0 Å². The van der Waals surface area contributed by atoms with Gasteiger partial charge in [0.1, 0.15) is 30.7 Å². The van der Waals surface area contributed by atoms with Crippen molar-refractivity contribution in [2.24, 2.45) is 5.73 Å². The molecular formula is C27H28FN7O4. The van der Waals surface area contributed by atoms with Crippen LogP contribution in [-0.2, 0) is 17.9 Å². The number of nitrogens with one attached hydrogen (secondary N) is 2. The zero-order chi connectivity index (χ0) is 28.4. The molecule has 0 aliphatic heterocycles. The number of aromatic nitrogens is 5. The Morgan fingerprint density at radius 2 is 1.90 bits per heavy atom. The van der Waals surface area contributed by atoms with Crippen LogP contribution in [0, 0.1) is 5.41 Å². The van der Waals surface area contributed by atoms with Crippen LogP contribution in [0.25, 0.3) is 5.95 Å². The molecular weight excluding hydrogens is 505 g/mol. The topological polar surface area (TPSA) is 173 Å². The van der Waals surface area contributed by atoms with Crippen LogP contribution in [0.4, 0.5) is 4.39 Å². The Morgan fingerprint density at radius 1 is 1.23 bits per heavy atom. The van der Waals surface area contributed by atoms with Crippen molar-refractivity contribution < 1.29 is 19.0 Å². The highest BCUT2D eigenvalue weighted by atomic mass is 19.1. The van der Waals surface area contributed by atoms with Gasteiger partial charge in [-0.1, -0.05) is 43.0 Å². The number of amidine groups is 1. The summed E-state index contributed by atoms with van der Waals surface area (Å²) in [5.41, 5.74) is 7.74. The minimum Gasteiger partial charge on any atom is -0.490 e. The molecule has 11 nitrogen and oxygen atoms in total. The van der Waals surface area contributed by atoms with E-state index in [0.29, 0.717) is 34.7 Å². The lowest BCUT2D eigenvalue weighted by molar-refractivity contribution is -0.134. The highest BCUT2D eigenvalue weighted by molar-refractivity contribution is 5.94. The van der Waals surface area contributed by atoms with Gasteiger partial charge in [-0.05, 0) is 41.3 Å². The molecule has 0 fully saturated rings. The number of ether oxygens (including phenoxy) is 1. The van der Waals surface area contributed by atoms with E-state index >= 15 is 0 Å². The van der Waals surface area contributed by atoms with Gasteiger partial charge < -0.3 is 15.6 Å². The van der Waals surface area contributed by atoms with E-state index < -0.39 is 24.3 Å². The maximum atomic E-state index is 13.7. The van der Waals surface area contributed by atoms with Crippen LogP contribution in [-0.4, -0.2) is 48.3 Å². The molecule has 0 spiro atoms. The number of aromatic amines is 1. The molecule has 1 atom stereocenters. The predicted octanol–water partition coefficient (Wildman–Crippen LogP) is 3.13. The van der Waals surface area contributed by atoms with Crippen molar-refractivity contribution in [2.45, 2.75) is 25.9 Å². The van der Waals surface area contributed by atoms with E-state index in [9.17, 15) is 9.18 Å². The van der Waals surface area contributed by atoms with Gasteiger partial charge in [-0.15, -0.1) is 9.78 Å². The molecule has 0 radical (unpaired) electrons. The van der Waals surface area contributed by atoms with Crippen LogP contribution < -0.4 is 16.2 Å². The molecule has 0 aliphatic rings. The van der Waals surface area contributed by atoms with E-state index in [1.54, 1.807) is 42.5 Å². The van der Waals surface area contributed by atoms with Crippen LogP contribution in [0.2, 0.25) is 0 Å². The number of nitrogens with two attached hydrogens (primary N) is 1. The number of carboxylic acids is 1. The second-order valence-electron chi connectivity index (χ2n) is 8.31. The zero-order valence-electron chi connectivity index (χ0n) is 21.2. The van der Waals surface area contributed by atoms with Gasteiger partial charge >= 0.3 is 5.69 Å². The Balaban J connectivity index is 0.000000983. The summed E-state index contributed by atoms with van der Waals surface area (Å²) in [4.78, 5) is 32.7. The molecule has 2 aromatic carbocycles. The van der Waals surface area contributed by atoms with Gasteiger partial charge in [-0.3, -0.25) is 15.2 Å². The van der Waals surface area contributed by atoms with Crippen molar-refractivity contribution in [1.82, 2.24) is 24.7 Å². The third-order valence-corrected chi connectivity index (χ3v) is 5.32. The smallest absolute Gasteiger partial charge is 0.350 e. The fourth-order valence-electron chi connectivity index (χ4n) is 3.66. The average molecular weight is 534 g/mol. The van der Waals surface area contributed by atoms with Gasteiger partial charge in [0.25, 0.3) is 11.9 Å². The SMILES string of the molecule is C=CCOc1cc(CF)cc(C(Cc2ccc(C(=N)N)cc2)c2nn(-c3ncccn3)c(=O)[nH]2)c1.CC(=O)O. The van der Waals surface area contributed by atoms with Gasteiger partial charge in [0.15, 0.2) is 0 Å². The van der Waals surface area contributed by atoms with Gasteiger partial charge in [0.05, 0.1) is 0 Å². The second kappa shape index (κ2) is 13.4. The molecule has 202 valence electrons. The summed E-state index contributed by atoms with van der Waals surface area (Å²) in [7, 11) is 0. The number of carboxylic acid groups (broad SMARTS) is 1. The van der Waals surface area contributed by atoms with Crippen molar-refractivity contribution >= 4 is 11.8 Å². The first-order valence-corrected chi connectivity index (χ1v) is 11.7. The number of hydrogen-bond donors (Lipinski definition) is 4. The number of H-pyrrole nitrogens is 1. The van der Waals surface area contributed by atoms with Gasteiger partial charge in [-0.25, -0.2) is 19.2 Å². The third kappa shape index (κ3) is 7.92. The first kappa shape index (κ1) is 28.4. The average Bonchev–Trinajstić information content (AvgIpc) is 3.31. The maximum absolute atomic E-state index is 13.7. The molecule has 4 aromatic rings. The highest BCUT2D eigenvalue weighted by Crippen LogP contribution is 2.30. The van der Waals surface area contributed by atoms with Crippen molar-refractivity contribution in [2.75, 3.05) is 6.61 Å². The van der Waals surface area contributed by atoms with Crippen molar-refractivity contribution in [3.8, 4) is 11.7 Å². The number of benzene rings is 2. The minimum atomic E-state index is -0.833. The van der Waals surface area contributed by atoms with Gasteiger partial charge in [0.2, 0.25) is 0 Å². The summed E-state index contributed by atoms with van der Waals surface area (Å²) in [6.07, 6.45) is 5.07. The van der Waals surface area contributed by atoms with Crippen LogP contribution in [0.5, 0.6) is 5.75 Å². The molecule has 39 heavy (non-hydrogen) atoms. The summed E-state index contributed by atoms with van der Waals surface area (Å²) < 4.78 is 20.5. The molecule has 0 amide bonds. The lowest BCUT2D eigenvalue weighted by atomic mass is 9.90. The summed E-state index contributed by atoms with van der Waals surface area (Å²) in [6, 6.07) is 14.0. The summed E-state index contributed by atoms with van der Waals surface area (Å²) >= 11 is 0. The van der Waals surface area contributed by atoms with E-state index in [1.807, 2.05) is 12.1 Å². The van der Waals surface area contributed by atoms with Crippen LogP contribution >= 0.6 is 0 Å². The standard InChI is InChI=1S/C25H24FN7O2.C2H4O2/c1-2-10-35-20-12-17(15-26)11-19(14-20)21(13-16-4-6-18(7-5-16)22(27)28)23-31-25(34)33(32-23)24-29-8-3-9-30-24;1-2(3)4/h2-9,11-12,14,21H,1,10,13,15H2,(H3,27,28)(H,31,32,34);1H3,(H,3,4). The summed E-state index contributed by atoms with van der Waals surface area (Å²) in [5, 5.41) is 19.5. The number of halogens is 1.